The summed E-state index contributed by atoms with van der Waals surface area (Å²) in [5.41, 5.74) is 7.02. The Kier molecular flexibility index (Phi) is 6.96. The highest BCUT2D eigenvalue weighted by Gasteiger charge is 2.33. The topological polar surface area (TPSA) is 71.3 Å². The largest absolute Gasteiger partial charge is 0.493 e. The van der Waals surface area contributed by atoms with Crippen LogP contribution in [0.4, 0.5) is 0 Å². The average molecular weight is 635 g/mol. The quantitative estimate of drug-likeness (QED) is 0.220. The summed E-state index contributed by atoms with van der Waals surface area (Å²) in [6.07, 6.45) is 3.58. The summed E-state index contributed by atoms with van der Waals surface area (Å²) >= 11 is 8.15. The Labute approximate surface area is 267 Å². The predicted octanol–water partition coefficient (Wildman–Crippen LogP) is 6.29. The fraction of sp³-hybridized carbons (Fsp3) is 0.167. The number of ether oxygens (including phenoxy) is 4. The molecule has 0 radical (unpaired) electrons. The fourth-order valence-electron chi connectivity index (χ4n) is 6.23. The molecule has 1 atom stereocenters. The zero-order valence-electron chi connectivity index (χ0n) is 24.3. The minimum Gasteiger partial charge on any atom is -0.493 e. The number of thiazole rings is 1. The van der Waals surface area contributed by atoms with Crippen LogP contribution in [0.15, 0.2) is 100 Å². The Hall–Kier alpha value is -4.79. The number of halogens is 1. The smallest absolute Gasteiger partial charge is 0.271 e. The molecule has 4 aromatic carbocycles. The highest BCUT2D eigenvalue weighted by Crippen LogP contribution is 2.42. The Bertz CT molecular complexity index is 2200. The van der Waals surface area contributed by atoms with Crippen LogP contribution in [0.5, 0.6) is 23.0 Å². The minimum atomic E-state index is -0.332. The first kappa shape index (κ1) is 27.7. The second kappa shape index (κ2) is 11.3. The lowest BCUT2D eigenvalue weighted by Crippen LogP contribution is -2.38. The van der Waals surface area contributed by atoms with Crippen molar-refractivity contribution in [1.29, 1.82) is 0 Å². The zero-order valence-corrected chi connectivity index (χ0v) is 25.9. The molecule has 0 spiro atoms. The van der Waals surface area contributed by atoms with Crippen LogP contribution in [-0.4, -0.2) is 18.5 Å². The van der Waals surface area contributed by atoms with Crippen LogP contribution in [0.1, 0.15) is 40.3 Å². The van der Waals surface area contributed by atoms with Gasteiger partial charge < -0.3 is 18.9 Å². The van der Waals surface area contributed by atoms with Gasteiger partial charge in [-0.3, -0.25) is 9.36 Å². The predicted molar refractivity (Wildman–Crippen MR) is 174 cm³/mol. The second-order valence-corrected chi connectivity index (χ2v) is 12.4. The molecule has 7 nitrogen and oxygen atoms in total. The number of aromatic nitrogens is 1. The van der Waals surface area contributed by atoms with E-state index in [1.54, 1.807) is 7.11 Å². The van der Waals surface area contributed by atoms with Crippen molar-refractivity contribution in [3.8, 4) is 23.0 Å². The first-order valence-corrected chi connectivity index (χ1v) is 15.8. The van der Waals surface area contributed by atoms with Gasteiger partial charge >= 0.3 is 0 Å². The summed E-state index contributed by atoms with van der Waals surface area (Å²) in [5.74, 6) is 2.60. The van der Waals surface area contributed by atoms with Crippen LogP contribution >= 0.6 is 22.9 Å². The Morgan fingerprint density at radius 2 is 1.82 bits per heavy atom. The highest BCUT2D eigenvalue weighted by molar-refractivity contribution is 7.07. The SMILES string of the molecule is COc1cc(/C=c2/sc3n(c2=O)[C@H](c2ccccc2Cl)C2=C(N=3)c3ccccc3CC2)ccc1OCc1ccc2c(c1)OCO2. The monoisotopic (exact) mass is 634 g/mol. The fourth-order valence-corrected chi connectivity index (χ4v) is 7.47. The summed E-state index contributed by atoms with van der Waals surface area (Å²) in [7, 11) is 1.60. The van der Waals surface area contributed by atoms with E-state index in [1.165, 1.54) is 16.9 Å². The number of fused-ring (bicyclic) bond motifs is 4. The molecule has 0 fully saturated rings. The molecule has 3 aliphatic rings. The number of aryl methyl sites for hydroxylation is 1. The third-order valence-electron chi connectivity index (χ3n) is 8.39. The molecule has 224 valence electrons. The molecule has 8 rings (SSSR count). The molecule has 45 heavy (non-hydrogen) atoms. The summed E-state index contributed by atoms with van der Waals surface area (Å²) < 4.78 is 25.0. The van der Waals surface area contributed by atoms with Gasteiger partial charge in [0.1, 0.15) is 6.61 Å². The maximum atomic E-state index is 14.1. The number of hydrogen-bond acceptors (Lipinski definition) is 7. The van der Waals surface area contributed by atoms with Crippen molar-refractivity contribution in [3.63, 3.8) is 0 Å². The second-order valence-electron chi connectivity index (χ2n) is 11.0. The molecular weight excluding hydrogens is 608 g/mol. The van der Waals surface area contributed by atoms with Crippen LogP contribution in [0.2, 0.25) is 5.02 Å². The number of methoxy groups -OCH3 is 1. The van der Waals surface area contributed by atoms with Gasteiger partial charge in [-0.15, -0.1) is 0 Å². The van der Waals surface area contributed by atoms with E-state index in [0.717, 1.165) is 52.1 Å². The highest BCUT2D eigenvalue weighted by atomic mass is 35.5. The van der Waals surface area contributed by atoms with Gasteiger partial charge in [-0.2, -0.15) is 0 Å². The summed E-state index contributed by atoms with van der Waals surface area (Å²) in [6.45, 7) is 0.560. The lowest BCUT2D eigenvalue weighted by molar-refractivity contribution is 0.174. The molecule has 2 aliphatic heterocycles. The zero-order chi connectivity index (χ0) is 30.5. The number of hydrogen-bond donors (Lipinski definition) is 0. The van der Waals surface area contributed by atoms with Crippen LogP contribution in [0, 0.1) is 0 Å². The van der Waals surface area contributed by atoms with E-state index in [2.05, 4.69) is 18.2 Å². The lowest BCUT2D eigenvalue weighted by Gasteiger charge is -2.31. The molecule has 5 aromatic rings. The van der Waals surface area contributed by atoms with Crippen molar-refractivity contribution in [2.24, 2.45) is 4.99 Å². The summed E-state index contributed by atoms with van der Waals surface area (Å²) in [4.78, 5) is 19.9. The minimum absolute atomic E-state index is 0.101. The molecule has 9 heteroatoms. The molecule has 1 aromatic heterocycles. The van der Waals surface area contributed by atoms with E-state index in [4.69, 9.17) is 35.5 Å². The molecular formula is C36H27ClN2O5S. The first-order valence-electron chi connectivity index (χ1n) is 14.6. The first-order chi connectivity index (χ1) is 22.1. The van der Waals surface area contributed by atoms with Crippen molar-refractivity contribution in [1.82, 2.24) is 4.57 Å². The van der Waals surface area contributed by atoms with Crippen molar-refractivity contribution < 1.29 is 18.9 Å². The standard InChI is InChI=1S/C36H27ClN2O5S/c1-41-30-16-21(10-14-28(30)42-19-22-11-15-29-31(17-22)44-20-43-29)18-32-35(40)39-34(25-8-4-5-9-27(25)37)26-13-12-23-6-2-3-7-24(23)33(26)38-36(39)45-32/h2-11,14-18,34H,12-13,19-20H2,1H3/b32-18+/t34-/m1/s1. The Morgan fingerprint density at radius 3 is 2.71 bits per heavy atom. The van der Waals surface area contributed by atoms with Crippen molar-refractivity contribution >= 4 is 34.7 Å². The molecule has 0 amide bonds. The lowest BCUT2D eigenvalue weighted by atomic mass is 9.83. The number of benzene rings is 4. The van der Waals surface area contributed by atoms with Gasteiger partial charge in [0.15, 0.2) is 27.8 Å². The van der Waals surface area contributed by atoms with E-state index < -0.39 is 0 Å². The van der Waals surface area contributed by atoms with Crippen molar-refractivity contribution in [2.75, 3.05) is 13.9 Å². The average Bonchev–Trinajstić information content (AvgIpc) is 3.66. The third kappa shape index (κ3) is 4.90. The van der Waals surface area contributed by atoms with E-state index in [0.29, 0.717) is 38.2 Å². The maximum Gasteiger partial charge on any atom is 0.271 e. The molecule has 0 bridgehead atoms. The van der Waals surface area contributed by atoms with Crippen LogP contribution in [0.3, 0.4) is 0 Å². The van der Waals surface area contributed by atoms with E-state index >= 15 is 0 Å². The number of allylic oxidation sites excluding steroid dienone is 1. The van der Waals surface area contributed by atoms with E-state index in [9.17, 15) is 4.79 Å². The van der Waals surface area contributed by atoms with Crippen LogP contribution < -0.4 is 33.8 Å². The molecule has 0 N–H and O–H groups in total. The van der Waals surface area contributed by atoms with Gasteiger partial charge in [-0.1, -0.05) is 77.5 Å². The van der Waals surface area contributed by atoms with Gasteiger partial charge in [0.25, 0.3) is 5.56 Å². The van der Waals surface area contributed by atoms with Gasteiger partial charge in [-0.25, -0.2) is 4.99 Å². The molecule has 0 saturated heterocycles. The Morgan fingerprint density at radius 1 is 0.978 bits per heavy atom. The Balaban J connectivity index is 1.18. The van der Waals surface area contributed by atoms with E-state index in [1.807, 2.05) is 77.4 Å². The molecule has 1 aliphatic carbocycles. The maximum absolute atomic E-state index is 14.1. The van der Waals surface area contributed by atoms with Crippen molar-refractivity contribution in [3.05, 3.63) is 143 Å². The third-order valence-corrected chi connectivity index (χ3v) is 9.72. The van der Waals surface area contributed by atoms with Gasteiger partial charge in [0.2, 0.25) is 6.79 Å². The van der Waals surface area contributed by atoms with Crippen LogP contribution in [-0.2, 0) is 13.0 Å². The molecule has 0 unspecified atom stereocenters. The number of rotatable bonds is 6. The van der Waals surface area contributed by atoms with Gasteiger partial charge in [0, 0.05) is 10.6 Å². The molecule has 3 heterocycles. The summed E-state index contributed by atoms with van der Waals surface area (Å²) in [6, 6.07) is 27.2. The summed E-state index contributed by atoms with van der Waals surface area (Å²) in [5, 5.41) is 0.630. The number of nitrogens with zero attached hydrogens (tertiary/aromatic N) is 2. The van der Waals surface area contributed by atoms with Gasteiger partial charge in [-0.05, 0) is 77.1 Å². The van der Waals surface area contributed by atoms with Crippen LogP contribution in [0.25, 0.3) is 11.8 Å². The van der Waals surface area contributed by atoms with Gasteiger partial charge in [0.05, 0.1) is 23.4 Å². The normalized spacial score (nSPS) is 16.5. The molecule has 0 saturated carbocycles. The van der Waals surface area contributed by atoms with Crippen molar-refractivity contribution in [2.45, 2.75) is 25.5 Å². The van der Waals surface area contributed by atoms with E-state index in [-0.39, 0.29) is 18.4 Å².